The van der Waals surface area contributed by atoms with E-state index in [0.29, 0.717) is 0 Å². The molecule has 1 aromatic rings. The van der Waals surface area contributed by atoms with Crippen molar-refractivity contribution >= 4 is 11.7 Å². The molecule has 7 heteroatoms. The number of carbonyl (C=O) groups excluding carboxylic acids is 1. The fourth-order valence-electron chi connectivity index (χ4n) is 1.19. The molecule has 0 saturated carbocycles. The molecular weight excluding hydrogens is 232 g/mol. The molecule has 1 heterocycles. The number of aromatic nitrogens is 1. The Morgan fingerprint density at radius 2 is 2.35 bits per heavy atom. The van der Waals surface area contributed by atoms with E-state index in [4.69, 9.17) is 11.0 Å². The number of rotatable bonds is 3. The highest BCUT2D eigenvalue weighted by atomic mass is 19.3. The minimum Gasteiger partial charge on any atom is -0.461 e. The first-order valence-electron chi connectivity index (χ1n) is 4.66. The number of esters is 1. The van der Waals surface area contributed by atoms with Gasteiger partial charge in [0, 0.05) is 6.20 Å². The second kappa shape index (κ2) is 5.21. The molecule has 17 heavy (non-hydrogen) atoms. The predicted octanol–water partition coefficient (Wildman–Crippen LogP) is 1.65. The smallest absolute Gasteiger partial charge is 0.359 e. The van der Waals surface area contributed by atoms with Crippen LogP contribution in [0.4, 0.5) is 14.5 Å². The first kappa shape index (κ1) is 12.8. The number of pyridine rings is 1. The lowest BCUT2D eigenvalue weighted by Gasteiger charge is -2.09. The van der Waals surface area contributed by atoms with Gasteiger partial charge in [0.2, 0.25) is 0 Å². The number of halogens is 2. The number of nitrogens with zero attached hydrogens (tertiary/aromatic N) is 2. The molecule has 0 atom stereocenters. The highest BCUT2D eigenvalue weighted by Gasteiger charge is 2.22. The quantitative estimate of drug-likeness (QED) is 0.812. The van der Waals surface area contributed by atoms with Gasteiger partial charge in [0.05, 0.1) is 23.4 Å². The monoisotopic (exact) mass is 241 g/mol. The molecule has 0 bridgehead atoms. The van der Waals surface area contributed by atoms with E-state index in [1.165, 1.54) is 6.07 Å². The molecule has 0 unspecified atom stereocenters. The normalized spacial score (nSPS) is 10.1. The van der Waals surface area contributed by atoms with Crippen LogP contribution in [-0.4, -0.2) is 17.6 Å². The second-order valence-corrected chi connectivity index (χ2v) is 2.98. The van der Waals surface area contributed by atoms with Gasteiger partial charge in [-0.05, 0) is 6.92 Å². The van der Waals surface area contributed by atoms with Crippen LogP contribution in [0.15, 0.2) is 6.20 Å². The fourth-order valence-corrected chi connectivity index (χ4v) is 1.19. The summed E-state index contributed by atoms with van der Waals surface area (Å²) in [5, 5.41) is 8.74. The fraction of sp³-hybridized carbons (Fsp3) is 0.300. The maximum absolute atomic E-state index is 12.5. The van der Waals surface area contributed by atoms with E-state index in [1.54, 1.807) is 6.92 Å². The van der Waals surface area contributed by atoms with Gasteiger partial charge in [-0.25, -0.2) is 18.6 Å². The minimum absolute atomic E-state index is 0.0957. The summed E-state index contributed by atoms with van der Waals surface area (Å²) in [4.78, 5) is 14.8. The Balaban J connectivity index is 3.31. The number of nitrogen functional groups attached to an aromatic ring is 1. The van der Waals surface area contributed by atoms with Crippen LogP contribution >= 0.6 is 0 Å². The molecule has 0 spiro atoms. The Hall–Kier alpha value is -2.23. The van der Waals surface area contributed by atoms with Gasteiger partial charge < -0.3 is 10.5 Å². The number of hydrogen-bond acceptors (Lipinski definition) is 5. The summed E-state index contributed by atoms with van der Waals surface area (Å²) >= 11 is 0. The first-order valence-corrected chi connectivity index (χ1v) is 4.66. The van der Waals surface area contributed by atoms with E-state index in [2.05, 4.69) is 9.72 Å². The van der Waals surface area contributed by atoms with Gasteiger partial charge in [-0.3, -0.25) is 0 Å². The number of anilines is 1. The number of nitrogens with two attached hydrogens (primary N) is 1. The summed E-state index contributed by atoms with van der Waals surface area (Å²) in [6.07, 6.45) is -2.12. The van der Waals surface area contributed by atoms with Crippen molar-refractivity contribution < 1.29 is 18.3 Å². The molecule has 0 aliphatic rings. The van der Waals surface area contributed by atoms with Gasteiger partial charge in [-0.1, -0.05) is 0 Å². The van der Waals surface area contributed by atoms with Crippen LogP contribution in [0.1, 0.15) is 35.0 Å². The van der Waals surface area contributed by atoms with Gasteiger partial charge in [0.15, 0.2) is 5.69 Å². The van der Waals surface area contributed by atoms with Gasteiger partial charge in [0.1, 0.15) is 6.07 Å². The van der Waals surface area contributed by atoms with Crippen molar-refractivity contribution in [1.82, 2.24) is 4.98 Å². The molecule has 0 fully saturated rings. The largest absolute Gasteiger partial charge is 0.461 e. The zero-order valence-electron chi connectivity index (χ0n) is 8.91. The summed E-state index contributed by atoms with van der Waals surface area (Å²) in [5.74, 6) is -0.845. The van der Waals surface area contributed by atoms with Crippen molar-refractivity contribution in [3.8, 4) is 6.07 Å². The molecule has 0 saturated heterocycles. The number of hydrogen-bond donors (Lipinski definition) is 1. The Labute approximate surface area is 95.8 Å². The summed E-state index contributed by atoms with van der Waals surface area (Å²) in [5.41, 5.74) is 3.69. The Morgan fingerprint density at radius 1 is 1.71 bits per heavy atom. The average Bonchev–Trinajstić information content (AvgIpc) is 2.28. The zero-order valence-corrected chi connectivity index (χ0v) is 8.91. The number of carbonyl (C=O) groups is 1. The second-order valence-electron chi connectivity index (χ2n) is 2.98. The Kier molecular flexibility index (Phi) is 3.93. The molecule has 1 aromatic heterocycles. The van der Waals surface area contributed by atoms with Crippen LogP contribution in [0.3, 0.4) is 0 Å². The number of nitriles is 1. The Morgan fingerprint density at radius 3 is 2.82 bits per heavy atom. The highest BCUT2D eigenvalue weighted by Crippen LogP contribution is 2.27. The molecule has 0 amide bonds. The van der Waals surface area contributed by atoms with E-state index in [0.717, 1.165) is 6.20 Å². The average molecular weight is 241 g/mol. The van der Waals surface area contributed by atoms with E-state index >= 15 is 0 Å². The standard InChI is InChI=1S/C10H9F2N3O2/c1-2-17-10(16)8-7(14)5(3-13)6(4-15-8)9(11)12/h4,9H,2,14H2,1H3. The molecule has 90 valence electrons. The highest BCUT2D eigenvalue weighted by molar-refractivity contribution is 5.94. The Bertz CT molecular complexity index is 483. The van der Waals surface area contributed by atoms with E-state index in [9.17, 15) is 13.6 Å². The summed E-state index contributed by atoms with van der Waals surface area (Å²) < 4.78 is 29.7. The van der Waals surface area contributed by atoms with Crippen LogP contribution in [0.5, 0.6) is 0 Å². The number of ether oxygens (including phenoxy) is 1. The van der Waals surface area contributed by atoms with Gasteiger partial charge in [-0.2, -0.15) is 5.26 Å². The van der Waals surface area contributed by atoms with Gasteiger partial charge in [-0.15, -0.1) is 0 Å². The molecule has 1 rings (SSSR count). The topological polar surface area (TPSA) is 89.0 Å². The summed E-state index contributed by atoms with van der Waals surface area (Å²) in [6.45, 7) is 1.67. The molecule has 0 aliphatic heterocycles. The number of alkyl halides is 2. The maximum atomic E-state index is 12.5. The zero-order chi connectivity index (χ0) is 13.0. The summed E-state index contributed by atoms with van der Waals surface area (Å²) in [7, 11) is 0. The molecule has 0 aromatic carbocycles. The van der Waals surface area contributed by atoms with E-state index in [-0.39, 0.29) is 18.0 Å². The first-order chi connectivity index (χ1) is 8.02. The van der Waals surface area contributed by atoms with Gasteiger partial charge in [0.25, 0.3) is 6.43 Å². The van der Waals surface area contributed by atoms with Gasteiger partial charge >= 0.3 is 5.97 Å². The van der Waals surface area contributed by atoms with E-state index in [1.807, 2.05) is 0 Å². The lowest BCUT2D eigenvalue weighted by molar-refractivity contribution is 0.0520. The lowest BCUT2D eigenvalue weighted by atomic mass is 10.1. The van der Waals surface area contributed by atoms with Crippen molar-refractivity contribution in [2.75, 3.05) is 12.3 Å². The van der Waals surface area contributed by atoms with Crippen LogP contribution < -0.4 is 5.73 Å². The van der Waals surface area contributed by atoms with Crippen molar-refractivity contribution in [3.63, 3.8) is 0 Å². The van der Waals surface area contributed by atoms with Crippen molar-refractivity contribution in [2.24, 2.45) is 0 Å². The van der Waals surface area contributed by atoms with Crippen LogP contribution in [-0.2, 0) is 4.74 Å². The third-order valence-electron chi connectivity index (χ3n) is 1.96. The molecule has 0 aliphatic carbocycles. The molecule has 2 N–H and O–H groups in total. The van der Waals surface area contributed by atoms with Crippen LogP contribution in [0, 0.1) is 11.3 Å². The van der Waals surface area contributed by atoms with Crippen molar-refractivity contribution in [2.45, 2.75) is 13.3 Å². The van der Waals surface area contributed by atoms with Crippen LogP contribution in [0.25, 0.3) is 0 Å². The molecule has 5 nitrogen and oxygen atoms in total. The molecular formula is C10H9F2N3O2. The third kappa shape index (κ3) is 2.47. The van der Waals surface area contributed by atoms with E-state index < -0.39 is 23.5 Å². The summed E-state index contributed by atoms with van der Waals surface area (Å²) in [6, 6.07) is 1.53. The SMILES string of the molecule is CCOC(=O)c1ncc(C(F)F)c(C#N)c1N. The van der Waals surface area contributed by atoms with Crippen molar-refractivity contribution in [3.05, 3.63) is 23.0 Å². The predicted molar refractivity (Wildman–Crippen MR) is 54.3 cm³/mol. The lowest BCUT2D eigenvalue weighted by Crippen LogP contribution is -2.13. The van der Waals surface area contributed by atoms with Crippen molar-refractivity contribution in [1.29, 1.82) is 5.26 Å². The third-order valence-corrected chi connectivity index (χ3v) is 1.96. The maximum Gasteiger partial charge on any atom is 0.359 e. The minimum atomic E-state index is -2.88. The van der Waals surface area contributed by atoms with Crippen LogP contribution in [0.2, 0.25) is 0 Å². The molecule has 0 radical (unpaired) electrons.